The number of ketones is 1. The molecule has 0 bridgehead atoms. The van der Waals surface area contributed by atoms with Crippen LogP contribution in [0, 0.1) is 5.92 Å². The second-order valence-corrected chi connectivity index (χ2v) is 11.7. The van der Waals surface area contributed by atoms with Crippen LogP contribution in [0.3, 0.4) is 0 Å². The van der Waals surface area contributed by atoms with Gasteiger partial charge in [-0.1, -0.05) is 38.1 Å². The molecule has 1 heterocycles. The third kappa shape index (κ3) is 5.65. The summed E-state index contributed by atoms with van der Waals surface area (Å²) in [7, 11) is 10.0. The number of hydrogen-bond donors (Lipinski definition) is 0. The van der Waals surface area contributed by atoms with E-state index in [9.17, 15) is 9.59 Å². The van der Waals surface area contributed by atoms with E-state index >= 15 is 0 Å². The highest BCUT2D eigenvalue weighted by Crippen LogP contribution is 2.44. The summed E-state index contributed by atoms with van der Waals surface area (Å²) in [5.74, 6) is 0.239. The van der Waals surface area contributed by atoms with Crippen LogP contribution in [0.5, 0.6) is 0 Å². The molecule has 2 aromatic carbocycles. The van der Waals surface area contributed by atoms with Crippen molar-refractivity contribution in [1.29, 1.82) is 0 Å². The highest BCUT2D eigenvalue weighted by atomic mass is 32.1. The summed E-state index contributed by atoms with van der Waals surface area (Å²) in [4.78, 5) is 30.9. The van der Waals surface area contributed by atoms with E-state index in [0.717, 1.165) is 33.1 Å². The lowest BCUT2D eigenvalue weighted by molar-refractivity contribution is -0.122. The summed E-state index contributed by atoms with van der Waals surface area (Å²) in [6.07, 6.45) is 1.16. The molecule has 0 saturated heterocycles. The molecule has 1 aliphatic heterocycles. The fraction of sp³-hybridized carbons (Fsp3) is 0.344. The monoisotopic (exact) mass is 528 g/mol. The molecule has 0 aromatic heterocycles. The number of hydrogen-bond acceptors (Lipinski definition) is 4. The largest absolute Gasteiger partial charge is 0.378 e. The van der Waals surface area contributed by atoms with Gasteiger partial charge in [-0.05, 0) is 41.8 Å². The predicted octanol–water partition coefficient (Wildman–Crippen LogP) is 5.85. The van der Waals surface area contributed by atoms with Gasteiger partial charge in [0.25, 0.3) is 5.91 Å². The van der Waals surface area contributed by atoms with Crippen LogP contribution in [-0.2, 0) is 4.79 Å². The molecule has 5 nitrogen and oxygen atoms in total. The quantitative estimate of drug-likeness (QED) is 0.213. The van der Waals surface area contributed by atoms with Gasteiger partial charge >= 0.3 is 0 Å². The van der Waals surface area contributed by atoms with Gasteiger partial charge in [0, 0.05) is 83.9 Å². The lowest BCUT2D eigenvalue weighted by Gasteiger charge is -2.22. The molecular formula is C32H38N3O2S+. The third-order valence-corrected chi connectivity index (χ3v) is 8.17. The molecule has 1 amide bonds. The predicted molar refractivity (Wildman–Crippen MR) is 161 cm³/mol. The van der Waals surface area contributed by atoms with Crippen LogP contribution in [-0.4, -0.2) is 58.4 Å². The molecule has 0 unspecified atom stereocenters. The van der Waals surface area contributed by atoms with Crippen molar-refractivity contribution in [2.45, 2.75) is 26.7 Å². The van der Waals surface area contributed by atoms with Gasteiger partial charge in [0.15, 0.2) is 0 Å². The Morgan fingerprint density at radius 2 is 1.66 bits per heavy atom. The van der Waals surface area contributed by atoms with Gasteiger partial charge in [0.2, 0.25) is 5.36 Å². The van der Waals surface area contributed by atoms with Gasteiger partial charge in [-0.2, -0.15) is 0 Å². The second-order valence-electron chi connectivity index (χ2n) is 10.6. The molecule has 4 rings (SSSR count). The van der Waals surface area contributed by atoms with Crippen molar-refractivity contribution in [3.63, 3.8) is 0 Å². The maximum absolute atomic E-state index is 13.7. The number of carbonyl (C=O) groups excluding carboxylic acids is 2. The molecule has 0 radical (unpaired) electrons. The number of carbonyl (C=O) groups is 2. The molecule has 2 aromatic rings. The summed E-state index contributed by atoms with van der Waals surface area (Å²) in [6.45, 7) is 4.39. The maximum atomic E-state index is 13.7. The van der Waals surface area contributed by atoms with Crippen LogP contribution in [0.25, 0.3) is 31.7 Å². The Balaban J connectivity index is 1.86. The van der Waals surface area contributed by atoms with Gasteiger partial charge < -0.3 is 9.80 Å². The standard InChI is InChI=1S/C32H38N3O2S/c1-21(2)28(36)13-10-18-35(7)32(37)25-12-9-8-11-24(25)31-26-16-14-22(33(3)4)19-29(26)38-30-20-23(34(5)6)15-17-27(30)31/h8-9,11-12,14-17,19-21H,10,13,18H2,1-7H3/q+1. The van der Waals surface area contributed by atoms with Crippen molar-refractivity contribution < 1.29 is 9.59 Å². The number of fused-ring (bicyclic) bond motifs is 2. The van der Waals surface area contributed by atoms with E-state index < -0.39 is 0 Å². The number of benzene rings is 3. The van der Waals surface area contributed by atoms with E-state index in [0.29, 0.717) is 24.9 Å². The van der Waals surface area contributed by atoms with Gasteiger partial charge in [0.05, 0.1) is 0 Å². The highest BCUT2D eigenvalue weighted by Gasteiger charge is 2.23. The minimum atomic E-state index is -0.0266. The lowest BCUT2D eigenvalue weighted by atomic mass is 9.91. The van der Waals surface area contributed by atoms with Gasteiger partial charge in [-0.15, -0.1) is 11.3 Å². The summed E-state index contributed by atoms with van der Waals surface area (Å²) in [6, 6.07) is 21.0. The van der Waals surface area contributed by atoms with E-state index in [1.807, 2.05) is 39.1 Å². The van der Waals surface area contributed by atoms with Crippen molar-refractivity contribution >= 4 is 38.8 Å². The first-order valence-electron chi connectivity index (χ1n) is 13.1. The minimum Gasteiger partial charge on any atom is -0.378 e. The number of rotatable bonds is 8. The molecule has 198 valence electrons. The maximum Gasteiger partial charge on any atom is 0.254 e. The first-order valence-corrected chi connectivity index (χ1v) is 14.0. The third-order valence-electron chi connectivity index (χ3n) is 7.06. The topological polar surface area (TPSA) is 43.6 Å². The van der Waals surface area contributed by atoms with Crippen molar-refractivity contribution in [2.75, 3.05) is 46.7 Å². The molecule has 0 spiro atoms. The number of amides is 1. The molecule has 0 N–H and O–H groups in total. The van der Waals surface area contributed by atoms with Crippen LogP contribution in [0.15, 0.2) is 60.7 Å². The Morgan fingerprint density at radius 3 is 2.34 bits per heavy atom. The van der Waals surface area contributed by atoms with E-state index in [2.05, 4.69) is 80.1 Å². The Morgan fingerprint density at radius 1 is 0.921 bits per heavy atom. The van der Waals surface area contributed by atoms with Gasteiger partial charge in [0.1, 0.15) is 19.9 Å². The molecule has 0 saturated carbocycles. The summed E-state index contributed by atoms with van der Waals surface area (Å²) in [5, 5.41) is 2.28. The highest BCUT2D eigenvalue weighted by molar-refractivity contribution is 7.21. The summed E-state index contributed by atoms with van der Waals surface area (Å²) >= 11 is 1.78. The van der Waals surface area contributed by atoms with Crippen molar-refractivity contribution in [2.24, 2.45) is 5.92 Å². The van der Waals surface area contributed by atoms with E-state index in [1.54, 1.807) is 16.2 Å². The first kappa shape index (κ1) is 27.5. The Kier molecular flexibility index (Phi) is 8.32. The normalized spacial score (nSPS) is 11.3. The van der Waals surface area contributed by atoms with Crippen LogP contribution < -0.4 is 14.8 Å². The molecule has 6 heteroatoms. The zero-order valence-corrected chi connectivity index (χ0v) is 24.4. The molecular weight excluding hydrogens is 490 g/mol. The number of nitrogens with zero attached hydrogens (tertiary/aromatic N) is 3. The number of anilines is 1. The SMILES string of the molecule is CC(C)C(=O)CCCN(C)C(=O)c1ccccc1-c1c2ccc(=[N+](C)C)cc-2sc2cc(N(C)C)ccc12. The van der Waals surface area contributed by atoms with E-state index in [4.69, 9.17) is 0 Å². The molecule has 0 fully saturated rings. The van der Waals surface area contributed by atoms with Gasteiger partial charge in [-0.25, -0.2) is 4.58 Å². The summed E-state index contributed by atoms with van der Waals surface area (Å²) < 4.78 is 3.29. The Hall–Kier alpha value is -3.51. The average molecular weight is 529 g/mol. The van der Waals surface area contributed by atoms with Crippen LogP contribution in [0.4, 0.5) is 5.69 Å². The fourth-order valence-electron chi connectivity index (χ4n) is 4.69. The smallest absolute Gasteiger partial charge is 0.254 e. The Labute approximate surface area is 230 Å². The zero-order chi connectivity index (χ0) is 27.6. The minimum absolute atomic E-state index is 0.0264. The van der Waals surface area contributed by atoms with Crippen LogP contribution in [0.1, 0.15) is 37.0 Å². The van der Waals surface area contributed by atoms with Crippen molar-refractivity contribution in [3.05, 3.63) is 71.6 Å². The zero-order valence-electron chi connectivity index (χ0n) is 23.5. The number of Topliss-reactive ketones (excluding diaryl/α,β-unsaturated/α-hetero) is 1. The molecule has 38 heavy (non-hydrogen) atoms. The first-order chi connectivity index (χ1) is 18.1. The van der Waals surface area contributed by atoms with Crippen molar-refractivity contribution in [1.82, 2.24) is 9.48 Å². The Bertz CT molecular complexity index is 1530. The molecule has 2 aliphatic rings. The molecule has 0 atom stereocenters. The van der Waals surface area contributed by atoms with Gasteiger partial charge in [-0.3, -0.25) is 9.59 Å². The molecule has 1 aliphatic carbocycles. The van der Waals surface area contributed by atoms with E-state index in [-0.39, 0.29) is 17.6 Å². The fourth-order valence-corrected chi connectivity index (χ4v) is 5.84. The average Bonchev–Trinajstić information content (AvgIpc) is 2.90. The second kappa shape index (κ2) is 11.5. The summed E-state index contributed by atoms with van der Waals surface area (Å²) in [5.41, 5.74) is 4.97. The van der Waals surface area contributed by atoms with Crippen LogP contribution >= 0.6 is 11.3 Å². The van der Waals surface area contributed by atoms with Crippen LogP contribution in [0.2, 0.25) is 0 Å². The van der Waals surface area contributed by atoms with E-state index in [1.165, 1.54) is 9.58 Å². The van der Waals surface area contributed by atoms with Crippen molar-refractivity contribution in [3.8, 4) is 21.6 Å². The lowest BCUT2D eigenvalue weighted by Crippen LogP contribution is -2.28.